The Kier molecular flexibility index (Phi) is 9.86. The Morgan fingerprint density at radius 3 is 1.23 bits per heavy atom. The highest BCUT2D eigenvalue weighted by molar-refractivity contribution is 9.13. The second kappa shape index (κ2) is 11.3. The van der Waals surface area contributed by atoms with Crippen molar-refractivity contribution in [2.24, 2.45) is 0 Å². The molecule has 0 saturated heterocycles. The number of phenolic OH excluding ortho intramolecular Hbond substituents is 2. The van der Waals surface area contributed by atoms with Gasteiger partial charge in [0.05, 0.1) is 22.2 Å². The molecule has 2 aromatic rings. The zero-order valence-electron chi connectivity index (χ0n) is 16.2. The summed E-state index contributed by atoms with van der Waals surface area (Å²) in [7, 11) is -14.7. The van der Waals surface area contributed by atoms with Crippen LogP contribution in [0, 0.1) is 0 Å². The fourth-order valence-electron chi connectivity index (χ4n) is 2.16. The van der Waals surface area contributed by atoms with Crippen LogP contribution >= 0.6 is 63.7 Å². The van der Waals surface area contributed by atoms with E-state index in [-0.39, 0.29) is 29.0 Å². The van der Waals surface area contributed by atoms with Crippen LogP contribution in [-0.4, -0.2) is 44.6 Å². The van der Waals surface area contributed by atoms with Gasteiger partial charge in [-0.25, -0.2) is 8.37 Å². The summed E-state index contributed by atoms with van der Waals surface area (Å²) in [6.45, 7) is -1.48. The van der Waals surface area contributed by atoms with Crippen molar-refractivity contribution in [3.63, 3.8) is 0 Å². The normalized spacial score (nSPS) is 12.5. The minimum Gasteiger partial charge on any atom is -0.504 e. The van der Waals surface area contributed by atoms with E-state index in [2.05, 4.69) is 72.1 Å². The number of hydrogen-bond donors (Lipinski definition) is 4. The topological polar surface area (TPSA) is 220 Å². The molecule has 0 radical (unpaired) electrons. The van der Waals surface area contributed by atoms with Crippen molar-refractivity contribution >= 4 is 94.9 Å². The number of phenols is 2. The molecule has 0 aromatic heterocycles. The van der Waals surface area contributed by atoms with Crippen LogP contribution in [0.5, 0.6) is 23.0 Å². The Balaban J connectivity index is 2.35. The van der Waals surface area contributed by atoms with Crippen LogP contribution in [0.2, 0.25) is 0 Å². The lowest BCUT2D eigenvalue weighted by Gasteiger charge is -2.16. The molecular formula is C14H10Br4O14S3. The fraction of sp³-hybridized carbons (Fsp3) is 0.143. The minimum absolute atomic E-state index is 0.0147. The highest BCUT2D eigenvalue weighted by Gasteiger charge is 2.28. The first-order valence-corrected chi connectivity index (χ1v) is 15.3. The fourth-order valence-corrected chi connectivity index (χ4v) is 5.60. The molecule has 14 nitrogen and oxygen atoms in total. The van der Waals surface area contributed by atoms with Gasteiger partial charge in [0.2, 0.25) is 11.5 Å². The third kappa shape index (κ3) is 8.66. The first-order valence-electron chi connectivity index (χ1n) is 8.08. The predicted octanol–water partition coefficient (Wildman–Crippen LogP) is 3.49. The summed E-state index contributed by atoms with van der Waals surface area (Å²) in [4.78, 5) is 0. The molecule has 0 aliphatic heterocycles. The van der Waals surface area contributed by atoms with Crippen molar-refractivity contribution in [2.45, 2.75) is 13.2 Å². The molecule has 0 aliphatic rings. The predicted molar refractivity (Wildman–Crippen MR) is 130 cm³/mol. The van der Waals surface area contributed by atoms with Crippen LogP contribution in [0.15, 0.2) is 30.0 Å². The van der Waals surface area contributed by atoms with Gasteiger partial charge in [-0.1, -0.05) is 0 Å². The first kappa shape index (κ1) is 30.5. The van der Waals surface area contributed by atoms with Gasteiger partial charge in [0.15, 0.2) is 11.5 Å². The van der Waals surface area contributed by atoms with Gasteiger partial charge in [0.1, 0.15) is 0 Å². The Hall–Kier alpha value is -0.750. The van der Waals surface area contributed by atoms with Crippen molar-refractivity contribution < 1.29 is 61.3 Å². The quantitative estimate of drug-likeness (QED) is 0.252. The maximum atomic E-state index is 12.5. The molecule has 0 aliphatic carbocycles. The largest absolute Gasteiger partial charge is 0.504 e. The number of aromatic hydroxyl groups is 2. The van der Waals surface area contributed by atoms with Gasteiger partial charge in [0.25, 0.3) is 0 Å². The third-order valence-corrected chi connectivity index (χ3v) is 9.49. The number of halogens is 4. The number of hydrogen-bond acceptors (Lipinski definition) is 12. The lowest BCUT2D eigenvalue weighted by Crippen LogP contribution is -2.17. The van der Waals surface area contributed by atoms with E-state index in [1.54, 1.807) is 0 Å². The summed E-state index contributed by atoms with van der Waals surface area (Å²) in [5.74, 6) is -3.05. The van der Waals surface area contributed by atoms with Crippen molar-refractivity contribution in [2.75, 3.05) is 0 Å². The second-order valence-electron chi connectivity index (χ2n) is 5.98. The Morgan fingerprint density at radius 1 is 0.629 bits per heavy atom. The van der Waals surface area contributed by atoms with Crippen LogP contribution in [0.4, 0.5) is 0 Å². The maximum Gasteiger partial charge on any atom is 0.501 e. The summed E-state index contributed by atoms with van der Waals surface area (Å²) in [6, 6.07) is 1.75. The molecule has 0 spiro atoms. The second-order valence-corrected chi connectivity index (χ2v) is 12.5. The Bertz CT molecular complexity index is 1370. The minimum atomic E-state index is -5.06. The summed E-state index contributed by atoms with van der Waals surface area (Å²) in [6.07, 6.45) is 0. The summed E-state index contributed by atoms with van der Waals surface area (Å²) >= 11 is 12.0. The molecule has 4 N–H and O–H groups in total. The zero-order chi connectivity index (χ0) is 26.9. The van der Waals surface area contributed by atoms with Gasteiger partial charge < -0.3 is 18.6 Å². The van der Waals surface area contributed by atoms with Crippen molar-refractivity contribution in [1.29, 1.82) is 0 Å². The molecule has 0 fully saturated rings. The summed E-state index contributed by atoms with van der Waals surface area (Å²) < 4.78 is 103. The highest BCUT2D eigenvalue weighted by Crippen LogP contribution is 2.45. The molecule has 21 heteroatoms. The van der Waals surface area contributed by atoms with E-state index in [0.717, 1.165) is 12.1 Å². The molecule has 0 heterocycles. The first-order chi connectivity index (χ1) is 15.8. The Labute approximate surface area is 231 Å². The molecule has 0 bridgehead atoms. The molecule has 35 heavy (non-hydrogen) atoms. The van der Waals surface area contributed by atoms with Crippen LogP contribution in [0.25, 0.3) is 0 Å². The SMILES string of the molecule is O=S(=O)(O)OCc1cc(O)c(OS(=O)(=O)Oc2c(O)cc(COS(=O)(=O)O)c(Br)c2Br)c(Br)c1Br. The average molecular weight is 818 g/mol. The van der Waals surface area contributed by atoms with Crippen LogP contribution in [-0.2, 0) is 52.8 Å². The van der Waals surface area contributed by atoms with Crippen molar-refractivity contribution in [1.82, 2.24) is 0 Å². The van der Waals surface area contributed by atoms with Crippen LogP contribution < -0.4 is 8.37 Å². The lowest BCUT2D eigenvalue weighted by molar-refractivity contribution is 0.257. The van der Waals surface area contributed by atoms with Crippen LogP contribution in [0.3, 0.4) is 0 Å². The average Bonchev–Trinajstić information content (AvgIpc) is 2.70. The van der Waals surface area contributed by atoms with Gasteiger partial charge >= 0.3 is 31.2 Å². The van der Waals surface area contributed by atoms with Gasteiger partial charge in [0, 0.05) is 8.95 Å². The maximum absolute atomic E-state index is 12.5. The molecule has 2 rings (SSSR count). The molecular weight excluding hydrogens is 808 g/mol. The lowest BCUT2D eigenvalue weighted by atomic mass is 10.2. The number of benzene rings is 2. The molecule has 0 unspecified atom stereocenters. The van der Waals surface area contributed by atoms with E-state index in [0.29, 0.717) is 0 Å². The van der Waals surface area contributed by atoms with Gasteiger partial charge in [-0.3, -0.25) is 9.11 Å². The van der Waals surface area contributed by atoms with Crippen LogP contribution in [0.1, 0.15) is 11.1 Å². The van der Waals surface area contributed by atoms with Gasteiger partial charge in [-0.05, 0) is 87.0 Å². The zero-order valence-corrected chi connectivity index (χ0v) is 25.0. The van der Waals surface area contributed by atoms with E-state index in [1.165, 1.54) is 0 Å². The van der Waals surface area contributed by atoms with Crippen molar-refractivity contribution in [3.05, 3.63) is 41.2 Å². The number of rotatable bonds is 10. The van der Waals surface area contributed by atoms with E-state index < -0.39 is 67.4 Å². The van der Waals surface area contributed by atoms with Gasteiger partial charge in [-0.2, -0.15) is 16.8 Å². The molecule has 0 amide bonds. The van der Waals surface area contributed by atoms with E-state index in [9.17, 15) is 35.5 Å². The summed E-state index contributed by atoms with van der Waals surface area (Å²) in [5, 5.41) is 20.3. The van der Waals surface area contributed by atoms with Crippen molar-refractivity contribution in [3.8, 4) is 23.0 Å². The molecule has 2 aromatic carbocycles. The van der Waals surface area contributed by atoms with E-state index in [4.69, 9.17) is 17.5 Å². The van der Waals surface area contributed by atoms with E-state index in [1.807, 2.05) is 0 Å². The highest BCUT2D eigenvalue weighted by atomic mass is 79.9. The van der Waals surface area contributed by atoms with Gasteiger partial charge in [-0.15, -0.1) is 8.42 Å². The molecule has 0 saturated carbocycles. The summed E-state index contributed by atoms with van der Waals surface area (Å²) in [5.41, 5.74) is -0.0747. The van der Waals surface area contributed by atoms with E-state index >= 15 is 0 Å². The standard InChI is InChI=1S/C14H10Br4O14S3/c15-9-5(3-29-33(21,22)23)1-7(19)13(11(9)17)31-35(27,28)32-14-8(20)2-6(10(16)12(14)18)4-30-34(24,25)26/h1-2,19-20H,3-4H2,(H,21,22,23)(H,24,25,26). The molecule has 196 valence electrons. The Morgan fingerprint density at radius 2 is 0.943 bits per heavy atom. The molecule has 0 atom stereocenters. The monoisotopic (exact) mass is 814 g/mol. The smallest absolute Gasteiger partial charge is 0.501 e. The third-order valence-electron chi connectivity index (χ3n) is 3.53.